The van der Waals surface area contributed by atoms with Crippen LogP contribution in [0.5, 0.6) is 0 Å². The summed E-state index contributed by atoms with van der Waals surface area (Å²) >= 11 is 19.0. The third-order valence-corrected chi connectivity index (χ3v) is 9.29. The van der Waals surface area contributed by atoms with E-state index >= 15 is 0 Å². The Morgan fingerprint density at radius 3 is 2.05 bits per heavy atom. The SMILES string of the molecule is CNC(=O)[C@H](Cc1ccccc1)N(Cc1ccc(Cl)cc1Cl)C(=O)CN(c1ccccc1Cl)S(=O)(=O)c1ccccc1. The lowest BCUT2D eigenvalue weighted by molar-refractivity contribution is -0.139. The Bertz CT molecular complexity index is 1650. The van der Waals surface area contributed by atoms with Gasteiger partial charge in [0.1, 0.15) is 12.6 Å². The maximum Gasteiger partial charge on any atom is 0.264 e. The second kappa shape index (κ2) is 14.1. The average Bonchev–Trinajstić information content (AvgIpc) is 2.99. The van der Waals surface area contributed by atoms with E-state index in [0.29, 0.717) is 15.6 Å². The van der Waals surface area contributed by atoms with E-state index in [1.165, 1.54) is 30.1 Å². The van der Waals surface area contributed by atoms with Crippen molar-refractivity contribution in [1.82, 2.24) is 10.2 Å². The van der Waals surface area contributed by atoms with Crippen LogP contribution in [-0.2, 0) is 32.6 Å². The van der Waals surface area contributed by atoms with Crippen LogP contribution in [0.4, 0.5) is 5.69 Å². The second-order valence-electron chi connectivity index (χ2n) is 9.35. The van der Waals surface area contributed by atoms with Gasteiger partial charge in [0.2, 0.25) is 11.8 Å². The van der Waals surface area contributed by atoms with E-state index in [-0.39, 0.29) is 28.6 Å². The Hall–Kier alpha value is -3.56. The van der Waals surface area contributed by atoms with Crippen molar-refractivity contribution < 1.29 is 18.0 Å². The number of halogens is 3. The highest BCUT2D eigenvalue weighted by molar-refractivity contribution is 7.92. The summed E-state index contributed by atoms with van der Waals surface area (Å²) in [7, 11) is -2.76. The first-order valence-electron chi connectivity index (χ1n) is 12.9. The lowest BCUT2D eigenvalue weighted by Crippen LogP contribution is -2.53. The van der Waals surface area contributed by atoms with E-state index in [4.69, 9.17) is 34.8 Å². The molecule has 0 unspecified atom stereocenters. The molecule has 7 nitrogen and oxygen atoms in total. The molecule has 0 bridgehead atoms. The Morgan fingerprint density at radius 1 is 0.810 bits per heavy atom. The van der Waals surface area contributed by atoms with Crippen LogP contribution in [-0.4, -0.2) is 44.8 Å². The fourth-order valence-electron chi connectivity index (χ4n) is 4.44. The molecule has 0 heterocycles. The van der Waals surface area contributed by atoms with Gasteiger partial charge in [-0.05, 0) is 47.5 Å². The summed E-state index contributed by atoms with van der Waals surface area (Å²) in [6.45, 7) is -0.712. The van der Waals surface area contributed by atoms with Gasteiger partial charge in [-0.3, -0.25) is 13.9 Å². The number of hydrogen-bond donors (Lipinski definition) is 1. The summed E-state index contributed by atoms with van der Waals surface area (Å²) in [6, 6.07) is 27.2. The van der Waals surface area contributed by atoms with Gasteiger partial charge in [0, 0.05) is 30.1 Å². The lowest BCUT2D eigenvalue weighted by Gasteiger charge is -2.34. The van der Waals surface area contributed by atoms with Gasteiger partial charge in [0.25, 0.3) is 10.0 Å². The number of para-hydroxylation sites is 1. The number of carbonyl (C=O) groups is 2. The van der Waals surface area contributed by atoms with Crippen molar-refractivity contribution in [3.05, 3.63) is 129 Å². The van der Waals surface area contributed by atoms with Crippen LogP contribution in [0.25, 0.3) is 0 Å². The molecule has 0 spiro atoms. The molecule has 0 aromatic heterocycles. The van der Waals surface area contributed by atoms with Crippen molar-refractivity contribution in [3.8, 4) is 0 Å². The number of sulfonamides is 1. The zero-order valence-corrected chi connectivity index (χ0v) is 25.7. The molecule has 4 rings (SSSR count). The van der Waals surface area contributed by atoms with Gasteiger partial charge >= 0.3 is 0 Å². The maximum absolute atomic E-state index is 14.3. The highest BCUT2D eigenvalue weighted by atomic mass is 35.5. The van der Waals surface area contributed by atoms with Crippen molar-refractivity contribution in [2.45, 2.75) is 23.9 Å². The first-order chi connectivity index (χ1) is 20.1. The quantitative estimate of drug-likeness (QED) is 0.210. The van der Waals surface area contributed by atoms with Crippen LogP contribution in [0.2, 0.25) is 15.1 Å². The summed E-state index contributed by atoms with van der Waals surface area (Å²) in [5, 5.41) is 3.49. The van der Waals surface area contributed by atoms with E-state index in [9.17, 15) is 18.0 Å². The molecule has 4 aromatic carbocycles. The number of rotatable bonds is 11. The predicted molar refractivity (Wildman–Crippen MR) is 167 cm³/mol. The van der Waals surface area contributed by atoms with Crippen LogP contribution >= 0.6 is 34.8 Å². The molecule has 0 saturated heterocycles. The highest BCUT2D eigenvalue weighted by Crippen LogP contribution is 2.31. The molecule has 0 aliphatic heterocycles. The van der Waals surface area contributed by atoms with Crippen molar-refractivity contribution in [3.63, 3.8) is 0 Å². The molecule has 1 atom stereocenters. The van der Waals surface area contributed by atoms with Crippen LogP contribution < -0.4 is 9.62 Å². The standard InChI is InChI=1S/C31H28Cl3N3O4S/c1-35-31(39)29(18-22-10-4-2-5-11-22)36(20-23-16-17-24(32)19-27(23)34)30(38)21-37(28-15-9-8-14-26(28)33)42(40,41)25-12-6-3-7-13-25/h2-17,19,29H,18,20-21H2,1H3,(H,35,39)/t29-/m0/s1. The van der Waals surface area contributed by atoms with Crippen molar-refractivity contribution >= 4 is 62.3 Å². The van der Waals surface area contributed by atoms with Crippen molar-refractivity contribution in [1.29, 1.82) is 0 Å². The molecule has 2 amide bonds. The number of likely N-dealkylation sites (N-methyl/N-ethyl adjacent to an activating group) is 1. The predicted octanol–water partition coefficient (Wildman–Crippen LogP) is 6.23. The largest absolute Gasteiger partial charge is 0.357 e. The molecule has 0 radical (unpaired) electrons. The molecule has 0 aliphatic rings. The van der Waals surface area contributed by atoms with Gasteiger partial charge in [-0.2, -0.15) is 0 Å². The van der Waals surface area contributed by atoms with Crippen molar-refractivity contribution in [2.24, 2.45) is 0 Å². The molecule has 4 aromatic rings. The average molecular weight is 645 g/mol. The van der Waals surface area contributed by atoms with Gasteiger partial charge in [-0.1, -0.05) is 102 Å². The van der Waals surface area contributed by atoms with Gasteiger partial charge in [-0.15, -0.1) is 0 Å². The molecule has 218 valence electrons. The molecule has 11 heteroatoms. The Labute approximate surface area is 260 Å². The first kappa shape index (κ1) is 31.4. The van der Waals surface area contributed by atoms with Gasteiger partial charge in [-0.25, -0.2) is 8.42 Å². The fourth-order valence-corrected chi connectivity index (χ4v) is 6.65. The first-order valence-corrected chi connectivity index (χ1v) is 15.5. The highest BCUT2D eigenvalue weighted by Gasteiger charge is 2.35. The monoisotopic (exact) mass is 643 g/mol. The zero-order valence-electron chi connectivity index (χ0n) is 22.6. The van der Waals surface area contributed by atoms with E-state index in [1.807, 2.05) is 30.3 Å². The maximum atomic E-state index is 14.3. The summed E-state index contributed by atoms with van der Waals surface area (Å²) in [4.78, 5) is 28.9. The van der Waals surface area contributed by atoms with Crippen LogP contribution in [0.1, 0.15) is 11.1 Å². The summed E-state index contributed by atoms with van der Waals surface area (Å²) in [5.41, 5.74) is 1.47. The van der Waals surface area contributed by atoms with Crippen LogP contribution in [0.15, 0.2) is 108 Å². The third kappa shape index (κ3) is 7.44. The van der Waals surface area contributed by atoms with Crippen molar-refractivity contribution in [2.75, 3.05) is 17.9 Å². The lowest BCUT2D eigenvalue weighted by atomic mass is 10.0. The Morgan fingerprint density at radius 2 is 1.43 bits per heavy atom. The van der Waals surface area contributed by atoms with E-state index in [0.717, 1.165) is 9.87 Å². The Kier molecular flexibility index (Phi) is 10.5. The molecule has 0 fully saturated rings. The molecular formula is C31H28Cl3N3O4S. The number of hydrogen-bond acceptors (Lipinski definition) is 4. The summed E-state index contributed by atoms with van der Waals surface area (Å²) in [5.74, 6) is -1.06. The Balaban J connectivity index is 1.81. The summed E-state index contributed by atoms with van der Waals surface area (Å²) < 4.78 is 28.8. The minimum absolute atomic E-state index is 0.0165. The fraction of sp³-hybridized carbons (Fsp3) is 0.161. The van der Waals surface area contributed by atoms with Gasteiger partial charge in [0.15, 0.2) is 0 Å². The normalized spacial score (nSPS) is 11.9. The van der Waals surface area contributed by atoms with E-state index in [1.54, 1.807) is 54.6 Å². The number of amides is 2. The smallest absolute Gasteiger partial charge is 0.264 e. The number of nitrogens with one attached hydrogen (secondary N) is 1. The molecule has 0 aliphatic carbocycles. The topological polar surface area (TPSA) is 86.8 Å². The zero-order chi connectivity index (χ0) is 30.3. The molecule has 0 saturated carbocycles. The van der Waals surface area contributed by atoms with Crippen LogP contribution in [0.3, 0.4) is 0 Å². The molecular weight excluding hydrogens is 617 g/mol. The number of benzene rings is 4. The minimum Gasteiger partial charge on any atom is -0.357 e. The van der Waals surface area contributed by atoms with Gasteiger partial charge in [0.05, 0.1) is 15.6 Å². The number of anilines is 1. The van der Waals surface area contributed by atoms with Gasteiger partial charge < -0.3 is 10.2 Å². The van der Waals surface area contributed by atoms with E-state index < -0.39 is 34.4 Å². The summed E-state index contributed by atoms with van der Waals surface area (Å²) in [6.07, 6.45) is 0.176. The van der Waals surface area contributed by atoms with Crippen LogP contribution in [0, 0.1) is 0 Å². The minimum atomic E-state index is -4.24. The number of nitrogens with zero attached hydrogens (tertiary/aromatic N) is 2. The third-order valence-electron chi connectivity index (χ3n) is 6.60. The second-order valence-corrected chi connectivity index (χ2v) is 12.5. The molecule has 42 heavy (non-hydrogen) atoms. The molecule has 1 N–H and O–H groups in total. The number of carbonyl (C=O) groups excluding carboxylic acids is 2. The van der Waals surface area contributed by atoms with E-state index in [2.05, 4.69) is 5.32 Å².